The molecule has 1 aromatic carbocycles. The molecule has 1 heterocycles. The van der Waals surface area contributed by atoms with E-state index in [-0.39, 0.29) is 6.04 Å². The first-order valence-electron chi connectivity index (χ1n) is 5.42. The van der Waals surface area contributed by atoms with E-state index in [0.29, 0.717) is 5.75 Å². The fraction of sp³-hybridized carbons (Fsp3) is 0.231. The number of nitrogens with one attached hydrogen (secondary N) is 1. The van der Waals surface area contributed by atoms with Crippen molar-refractivity contribution in [2.45, 2.75) is 19.5 Å². The van der Waals surface area contributed by atoms with Crippen LogP contribution in [0.5, 0.6) is 5.75 Å². The highest BCUT2D eigenvalue weighted by Crippen LogP contribution is 2.25. The van der Waals surface area contributed by atoms with E-state index in [1.165, 1.54) is 4.88 Å². The molecular weight excluding hydrogens is 254 g/mol. The maximum Gasteiger partial charge on any atom is 0.120 e. The lowest BCUT2D eigenvalue weighted by atomic mass is 10.1. The molecule has 0 saturated carbocycles. The zero-order valence-corrected chi connectivity index (χ0v) is 11.1. The Labute approximate surface area is 110 Å². The van der Waals surface area contributed by atoms with Gasteiger partial charge in [0.1, 0.15) is 5.75 Å². The van der Waals surface area contributed by atoms with Gasteiger partial charge in [-0.2, -0.15) is 0 Å². The van der Waals surface area contributed by atoms with Gasteiger partial charge in [0.05, 0.1) is 4.34 Å². The van der Waals surface area contributed by atoms with Gasteiger partial charge < -0.3 is 10.4 Å². The van der Waals surface area contributed by atoms with Crippen molar-refractivity contribution in [3.8, 4) is 5.75 Å². The van der Waals surface area contributed by atoms with Crippen LogP contribution in [0.1, 0.15) is 23.4 Å². The average molecular weight is 268 g/mol. The van der Waals surface area contributed by atoms with Crippen LogP contribution in [0.2, 0.25) is 4.34 Å². The number of para-hydroxylation sites is 1. The highest BCUT2D eigenvalue weighted by molar-refractivity contribution is 7.16. The van der Waals surface area contributed by atoms with E-state index in [1.54, 1.807) is 17.4 Å². The predicted octanol–water partition coefficient (Wildman–Crippen LogP) is 3.96. The summed E-state index contributed by atoms with van der Waals surface area (Å²) in [7, 11) is 0. The third-order valence-corrected chi connectivity index (χ3v) is 3.85. The third-order valence-electron chi connectivity index (χ3n) is 2.61. The first kappa shape index (κ1) is 12.4. The standard InChI is InChI=1S/C13H14ClNOS/c1-9(11-4-2-3-5-12(11)16)15-8-10-6-7-13(14)17-10/h2-7,9,15-16H,8H2,1H3. The lowest BCUT2D eigenvalue weighted by molar-refractivity contribution is 0.452. The molecule has 0 fully saturated rings. The Morgan fingerprint density at radius 2 is 2.06 bits per heavy atom. The highest BCUT2D eigenvalue weighted by atomic mass is 35.5. The average Bonchev–Trinajstić information content (AvgIpc) is 2.73. The summed E-state index contributed by atoms with van der Waals surface area (Å²) in [6.07, 6.45) is 0. The largest absolute Gasteiger partial charge is 0.508 e. The summed E-state index contributed by atoms with van der Waals surface area (Å²) in [4.78, 5) is 1.19. The lowest BCUT2D eigenvalue weighted by Crippen LogP contribution is -2.17. The number of hydrogen-bond donors (Lipinski definition) is 2. The van der Waals surface area contributed by atoms with E-state index in [0.717, 1.165) is 16.4 Å². The van der Waals surface area contributed by atoms with E-state index in [2.05, 4.69) is 5.32 Å². The van der Waals surface area contributed by atoms with Crippen molar-refractivity contribution in [1.82, 2.24) is 5.32 Å². The maximum absolute atomic E-state index is 9.72. The van der Waals surface area contributed by atoms with Gasteiger partial charge in [-0.3, -0.25) is 0 Å². The lowest BCUT2D eigenvalue weighted by Gasteiger charge is -2.14. The van der Waals surface area contributed by atoms with E-state index in [1.807, 2.05) is 37.3 Å². The normalized spacial score (nSPS) is 12.6. The van der Waals surface area contributed by atoms with Crippen LogP contribution >= 0.6 is 22.9 Å². The third kappa shape index (κ3) is 3.22. The van der Waals surface area contributed by atoms with Crippen molar-refractivity contribution in [2.75, 3.05) is 0 Å². The van der Waals surface area contributed by atoms with Gasteiger partial charge in [0.2, 0.25) is 0 Å². The highest BCUT2D eigenvalue weighted by Gasteiger charge is 2.09. The van der Waals surface area contributed by atoms with Crippen LogP contribution in [-0.2, 0) is 6.54 Å². The molecule has 90 valence electrons. The molecule has 2 nitrogen and oxygen atoms in total. The number of benzene rings is 1. The van der Waals surface area contributed by atoms with Crippen LogP contribution in [0.3, 0.4) is 0 Å². The summed E-state index contributed by atoms with van der Waals surface area (Å²) < 4.78 is 0.803. The van der Waals surface area contributed by atoms with Gasteiger partial charge in [0.25, 0.3) is 0 Å². The molecular formula is C13H14ClNOS. The molecule has 2 N–H and O–H groups in total. The van der Waals surface area contributed by atoms with Crippen LogP contribution in [0.25, 0.3) is 0 Å². The van der Waals surface area contributed by atoms with Crippen molar-refractivity contribution in [2.24, 2.45) is 0 Å². The number of aromatic hydroxyl groups is 1. The Hall–Kier alpha value is -1.03. The summed E-state index contributed by atoms with van der Waals surface area (Å²) in [6.45, 7) is 2.79. The van der Waals surface area contributed by atoms with Crippen molar-refractivity contribution >= 4 is 22.9 Å². The van der Waals surface area contributed by atoms with Crippen molar-refractivity contribution in [1.29, 1.82) is 0 Å². The number of rotatable bonds is 4. The van der Waals surface area contributed by atoms with Crippen LogP contribution < -0.4 is 5.32 Å². The smallest absolute Gasteiger partial charge is 0.120 e. The van der Waals surface area contributed by atoms with Gasteiger partial charge in [-0.05, 0) is 25.1 Å². The summed E-state index contributed by atoms with van der Waals surface area (Å²) in [6, 6.07) is 11.4. The summed E-state index contributed by atoms with van der Waals surface area (Å²) in [5.74, 6) is 0.330. The van der Waals surface area contributed by atoms with E-state index in [4.69, 9.17) is 11.6 Å². The number of phenolic OH excluding ortho intramolecular Hbond substituents is 1. The Morgan fingerprint density at radius 3 is 2.71 bits per heavy atom. The molecule has 0 saturated heterocycles. The Kier molecular flexibility index (Phi) is 4.05. The second-order valence-corrected chi connectivity index (χ2v) is 5.67. The molecule has 2 aromatic rings. The zero-order valence-electron chi connectivity index (χ0n) is 9.48. The minimum Gasteiger partial charge on any atom is -0.508 e. The van der Waals surface area contributed by atoms with Gasteiger partial charge in [-0.15, -0.1) is 11.3 Å². The van der Waals surface area contributed by atoms with Crippen molar-refractivity contribution in [3.05, 3.63) is 51.2 Å². The number of hydrogen-bond acceptors (Lipinski definition) is 3. The summed E-state index contributed by atoms with van der Waals surface area (Å²) in [5.41, 5.74) is 0.912. The molecule has 2 rings (SSSR count). The molecule has 0 aliphatic heterocycles. The second-order valence-electron chi connectivity index (χ2n) is 3.87. The zero-order chi connectivity index (χ0) is 12.3. The van der Waals surface area contributed by atoms with Crippen LogP contribution in [0, 0.1) is 0 Å². The first-order chi connectivity index (χ1) is 8.16. The minimum atomic E-state index is 0.108. The van der Waals surface area contributed by atoms with Gasteiger partial charge in [-0.1, -0.05) is 29.8 Å². The quantitative estimate of drug-likeness (QED) is 0.879. The van der Waals surface area contributed by atoms with Crippen LogP contribution in [0.15, 0.2) is 36.4 Å². The molecule has 0 aliphatic rings. The van der Waals surface area contributed by atoms with E-state index < -0.39 is 0 Å². The minimum absolute atomic E-state index is 0.108. The van der Waals surface area contributed by atoms with Gasteiger partial charge in [0.15, 0.2) is 0 Å². The van der Waals surface area contributed by atoms with Crippen molar-refractivity contribution < 1.29 is 5.11 Å². The molecule has 0 spiro atoms. The van der Waals surface area contributed by atoms with E-state index >= 15 is 0 Å². The molecule has 1 atom stereocenters. The molecule has 0 aliphatic carbocycles. The molecule has 0 radical (unpaired) electrons. The Bertz CT molecular complexity index is 498. The number of halogens is 1. The number of phenols is 1. The molecule has 0 bridgehead atoms. The van der Waals surface area contributed by atoms with Crippen LogP contribution in [0.4, 0.5) is 0 Å². The topological polar surface area (TPSA) is 32.3 Å². The fourth-order valence-electron chi connectivity index (χ4n) is 1.66. The van der Waals surface area contributed by atoms with Gasteiger partial charge in [0, 0.05) is 23.0 Å². The van der Waals surface area contributed by atoms with E-state index in [9.17, 15) is 5.11 Å². The fourth-order valence-corrected chi connectivity index (χ4v) is 2.70. The monoisotopic (exact) mass is 267 g/mol. The Balaban J connectivity index is 1.98. The molecule has 4 heteroatoms. The maximum atomic E-state index is 9.72. The number of thiophene rings is 1. The first-order valence-corrected chi connectivity index (χ1v) is 6.62. The van der Waals surface area contributed by atoms with Crippen molar-refractivity contribution in [3.63, 3.8) is 0 Å². The Morgan fingerprint density at radius 1 is 1.29 bits per heavy atom. The molecule has 17 heavy (non-hydrogen) atoms. The predicted molar refractivity (Wildman–Crippen MR) is 72.7 cm³/mol. The molecule has 1 unspecified atom stereocenters. The summed E-state index contributed by atoms with van der Waals surface area (Å²) >= 11 is 7.44. The molecule has 1 aromatic heterocycles. The molecule has 0 amide bonds. The van der Waals surface area contributed by atoms with Gasteiger partial charge >= 0.3 is 0 Å². The summed E-state index contributed by atoms with van der Waals surface area (Å²) in [5, 5.41) is 13.1. The van der Waals surface area contributed by atoms with Crippen LogP contribution in [-0.4, -0.2) is 5.11 Å². The van der Waals surface area contributed by atoms with Gasteiger partial charge in [-0.25, -0.2) is 0 Å². The second kappa shape index (κ2) is 5.54. The SMILES string of the molecule is CC(NCc1ccc(Cl)s1)c1ccccc1O.